The molecule has 164 valence electrons. The minimum absolute atomic E-state index is 0.0153. The summed E-state index contributed by atoms with van der Waals surface area (Å²) < 4.78 is 5.11. The third kappa shape index (κ3) is 6.30. The van der Waals surface area contributed by atoms with Crippen LogP contribution in [0.3, 0.4) is 0 Å². The molecule has 1 N–H and O–H groups in total. The van der Waals surface area contributed by atoms with Gasteiger partial charge in [0.15, 0.2) is 0 Å². The van der Waals surface area contributed by atoms with E-state index in [2.05, 4.69) is 15.9 Å². The molecule has 0 aliphatic carbocycles. The molecule has 0 spiro atoms. The molecule has 0 fully saturated rings. The smallest absolute Gasteiger partial charge is 0.311 e. The van der Waals surface area contributed by atoms with E-state index in [4.69, 9.17) is 4.74 Å². The second kappa shape index (κ2) is 10.7. The molecule has 6 unspecified atom stereocenters. The standard InChI is InChI=1S/C22H39BrO5/c1-10-18(22(8,12-14(3)23)20(27)28-9)13(2)11-17(19(25)26)15(4)21(6,7)16(5)24/h13-15,17-18H,10-12H2,1-9H3,(H,25,26). The highest BCUT2D eigenvalue weighted by atomic mass is 79.9. The molecule has 0 saturated carbocycles. The van der Waals surface area contributed by atoms with Gasteiger partial charge in [0.2, 0.25) is 0 Å². The van der Waals surface area contributed by atoms with E-state index >= 15 is 0 Å². The average Bonchev–Trinajstić information content (AvgIpc) is 2.57. The zero-order valence-electron chi connectivity index (χ0n) is 19.0. The number of carboxylic acids is 1. The molecule has 0 aromatic heterocycles. The number of rotatable bonds is 12. The minimum atomic E-state index is -0.892. The van der Waals surface area contributed by atoms with E-state index in [-0.39, 0.29) is 34.3 Å². The van der Waals surface area contributed by atoms with E-state index in [9.17, 15) is 19.5 Å². The summed E-state index contributed by atoms with van der Waals surface area (Å²) >= 11 is 3.55. The fraction of sp³-hybridized carbons (Fsp3) is 0.864. The SMILES string of the molecule is CCC(C(C)CC(C(=O)O)C(C)C(C)(C)C(C)=O)C(C)(CC(C)Br)C(=O)OC. The van der Waals surface area contributed by atoms with Crippen LogP contribution < -0.4 is 0 Å². The Hall–Kier alpha value is -0.910. The van der Waals surface area contributed by atoms with Crippen LogP contribution in [-0.4, -0.2) is 34.8 Å². The van der Waals surface area contributed by atoms with Crippen LogP contribution in [-0.2, 0) is 19.1 Å². The van der Waals surface area contributed by atoms with Crippen LogP contribution in [0.15, 0.2) is 0 Å². The lowest BCUT2D eigenvalue weighted by molar-refractivity contribution is -0.158. The molecule has 6 heteroatoms. The number of hydrogen-bond acceptors (Lipinski definition) is 4. The number of ketones is 1. The van der Waals surface area contributed by atoms with Gasteiger partial charge in [-0.25, -0.2) is 0 Å². The van der Waals surface area contributed by atoms with Crippen LogP contribution in [0.5, 0.6) is 0 Å². The number of hydrogen-bond donors (Lipinski definition) is 1. The zero-order chi connectivity index (χ0) is 22.4. The number of esters is 1. The molecule has 0 aliphatic rings. The highest BCUT2D eigenvalue weighted by molar-refractivity contribution is 9.09. The normalized spacial score (nSPS) is 19.6. The van der Waals surface area contributed by atoms with E-state index in [1.807, 2.05) is 48.5 Å². The molecule has 0 aromatic carbocycles. The van der Waals surface area contributed by atoms with Crippen LogP contribution in [0, 0.1) is 34.5 Å². The third-order valence-electron chi connectivity index (χ3n) is 6.89. The first kappa shape index (κ1) is 27.1. The van der Waals surface area contributed by atoms with Gasteiger partial charge in [0.25, 0.3) is 0 Å². The number of carboxylic acid groups (broad SMARTS) is 1. The van der Waals surface area contributed by atoms with Gasteiger partial charge >= 0.3 is 11.9 Å². The summed E-state index contributed by atoms with van der Waals surface area (Å²) in [7, 11) is 1.40. The van der Waals surface area contributed by atoms with Crippen LogP contribution in [0.2, 0.25) is 0 Å². The summed E-state index contributed by atoms with van der Waals surface area (Å²) in [5.41, 5.74) is -1.44. The van der Waals surface area contributed by atoms with Crippen LogP contribution in [0.4, 0.5) is 0 Å². The van der Waals surface area contributed by atoms with Gasteiger partial charge in [-0.05, 0) is 44.4 Å². The maximum Gasteiger partial charge on any atom is 0.311 e. The van der Waals surface area contributed by atoms with Gasteiger partial charge in [0.1, 0.15) is 5.78 Å². The Morgan fingerprint density at radius 3 is 1.93 bits per heavy atom. The Balaban J connectivity index is 5.85. The number of methoxy groups -OCH3 is 1. The second-order valence-electron chi connectivity index (χ2n) is 9.13. The van der Waals surface area contributed by atoms with Gasteiger partial charge in [-0.3, -0.25) is 14.4 Å². The van der Waals surface area contributed by atoms with E-state index in [0.29, 0.717) is 12.8 Å². The molecular formula is C22H39BrO5. The van der Waals surface area contributed by atoms with E-state index in [1.165, 1.54) is 14.0 Å². The quantitative estimate of drug-likeness (QED) is 0.312. The molecule has 0 bridgehead atoms. The first-order chi connectivity index (χ1) is 12.7. The number of carbonyl (C=O) groups is 3. The van der Waals surface area contributed by atoms with E-state index in [0.717, 1.165) is 6.42 Å². The van der Waals surface area contributed by atoms with Crippen molar-refractivity contribution in [1.82, 2.24) is 0 Å². The lowest BCUT2D eigenvalue weighted by Crippen LogP contribution is -2.43. The number of alkyl halides is 1. The second-order valence-corrected chi connectivity index (χ2v) is 10.7. The summed E-state index contributed by atoms with van der Waals surface area (Å²) in [6, 6.07) is 0. The van der Waals surface area contributed by atoms with Gasteiger partial charge in [-0.15, -0.1) is 0 Å². The van der Waals surface area contributed by atoms with Gasteiger partial charge in [-0.1, -0.05) is 63.9 Å². The molecule has 28 heavy (non-hydrogen) atoms. The molecule has 5 nitrogen and oxygen atoms in total. The fourth-order valence-corrected chi connectivity index (χ4v) is 5.26. The molecular weight excluding hydrogens is 424 g/mol. The summed E-state index contributed by atoms with van der Waals surface area (Å²) in [4.78, 5) is 36.9. The molecule has 0 amide bonds. The molecule has 0 rings (SSSR count). The molecule has 0 aliphatic heterocycles. The van der Waals surface area contributed by atoms with Crippen LogP contribution >= 0.6 is 15.9 Å². The predicted octanol–water partition coefficient (Wildman–Crippen LogP) is 5.34. The van der Waals surface area contributed by atoms with Crippen molar-refractivity contribution >= 4 is 33.7 Å². The van der Waals surface area contributed by atoms with Crippen molar-refractivity contribution in [3.05, 3.63) is 0 Å². The van der Waals surface area contributed by atoms with Gasteiger partial charge in [0.05, 0.1) is 18.4 Å². The number of aliphatic carboxylic acids is 1. The maximum absolute atomic E-state index is 12.7. The van der Waals surface area contributed by atoms with Crippen LogP contribution in [0.1, 0.15) is 74.7 Å². The Morgan fingerprint density at radius 2 is 1.61 bits per heavy atom. The Kier molecular flexibility index (Phi) is 10.4. The van der Waals surface area contributed by atoms with Gasteiger partial charge in [-0.2, -0.15) is 0 Å². The van der Waals surface area contributed by atoms with Crippen molar-refractivity contribution in [3.8, 4) is 0 Å². The van der Waals surface area contributed by atoms with E-state index in [1.54, 1.807) is 0 Å². The summed E-state index contributed by atoms with van der Waals surface area (Å²) in [6.45, 7) is 14.9. The Labute approximate surface area is 179 Å². The van der Waals surface area contributed by atoms with Crippen LogP contribution in [0.25, 0.3) is 0 Å². The fourth-order valence-electron chi connectivity index (χ4n) is 4.59. The lowest BCUT2D eigenvalue weighted by atomic mass is 9.63. The third-order valence-corrected chi connectivity index (χ3v) is 7.22. The van der Waals surface area contributed by atoms with E-state index < -0.39 is 22.7 Å². The molecule has 6 atom stereocenters. The minimum Gasteiger partial charge on any atom is -0.481 e. The molecule has 0 heterocycles. The molecule has 0 saturated heterocycles. The topological polar surface area (TPSA) is 80.7 Å². The monoisotopic (exact) mass is 462 g/mol. The van der Waals surface area contributed by atoms with Crippen molar-refractivity contribution in [2.45, 2.75) is 79.5 Å². The van der Waals surface area contributed by atoms with Crippen molar-refractivity contribution in [1.29, 1.82) is 0 Å². The number of Topliss-reactive ketones (excluding diaryl/α,β-unsaturated/α-hetero) is 1. The summed E-state index contributed by atoms with van der Waals surface area (Å²) in [6.07, 6.45) is 1.76. The van der Waals surface area contributed by atoms with Gasteiger partial charge in [0, 0.05) is 10.2 Å². The van der Waals surface area contributed by atoms with Crippen molar-refractivity contribution in [3.63, 3.8) is 0 Å². The highest BCUT2D eigenvalue weighted by Gasteiger charge is 2.46. The maximum atomic E-state index is 12.7. The first-order valence-electron chi connectivity index (χ1n) is 10.1. The van der Waals surface area contributed by atoms with Crippen molar-refractivity contribution in [2.75, 3.05) is 7.11 Å². The summed E-state index contributed by atoms with van der Waals surface area (Å²) in [5.74, 6) is -2.20. The Bertz CT molecular complexity index is 557. The van der Waals surface area contributed by atoms with Gasteiger partial charge < -0.3 is 9.84 Å². The first-order valence-corrected chi connectivity index (χ1v) is 11.0. The molecule has 0 aromatic rings. The highest BCUT2D eigenvalue weighted by Crippen LogP contribution is 2.45. The van der Waals surface area contributed by atoms with Crippen molar-refractivity contribution < 1.29 is 24.2 Å². The summed E-state index contributed by atoms with van der Waals surface area (Å²) in [5, 5.41) is 9.89. The largest absolute Gasteiger partial charge is 0.481 e. The average molecular weight is 463 g/mol. The number of carbonyl (C=O) groups excluding carboxylic acids is 2. The van der Waals surface area contributed by atoms with Crippen molar-refractivity contribution in [2.24, 2.45) is 34.5 Å². The number of ether oxygens (including phenoxy) is 1. The Morgan fingerprint density at radius 1 is 1.11 bits per heavy atom. The molecule has 0 radical (unpaired) electrons. The number of halogens is 1. The zero-order valence-corrected chi connectivity index (χ0v) is 20.6. The predicted molar refractivity (Wildman–Crippen MR) is 115 cm³/mol. The lowest BCUT2D eigenvalue weighted by Gasteiger charge is -2.41.